The number of carboxylic acid groups (broad SMARTS) is 1. The van der Waals surface area contributed by atoms with Crippen molar-refractivity contribution in [3.05, 3.63) is 33.8 Å². The number of alkyl halides is 1. The fourth-order valence-electron chi connectivity index (χ4n) is 1.08. The molecule has 0 aliphatic carbocycles. The highest BCUT2D eigenvalue weighted by Crippen LogP contribution is 2.26. The molecule has 0 atom stereocenters. The Labute approximate surface area is 89.7 Å². The molecule has 0 aliphatic rings. The second-order valence-corrected chi connectivity index (χ2v) is 3.61. The Kier molecular flexibility index (Phi) is 3.33. The lowest BCUT2D eigenvalue weighted by Gasteiger charge is -2.06. The standard InChI is InChI=1S/C9H8BrClO2/c1-5-2-3-6(4-10)8(11)7(5)9(12)13/h2-3H,4H2,1H3,(H,12,13). The van der Waals surface area contributed by atoms with Gasteiger partial charge < -0.3 is 5.11 Å². The van der Waals surface area contributed by atoms with Crippen molar-refractivity contribution in [2.75, 3.05) is 0 Å². The fraction of sp³-hybridized carbons (Fsp3) is 0.222. The van der Waals surface area contributed by atoms with Crippen molar-refractivity contribution in [3.63, 3.8) is 0 Å². The summed E-state index contributed by atoms with van der Waals surface area (Å²) in [5.74, 6) is -0.981. The minimum absolute atomic E-state index is 0.193. The number of halogens is 2. The molecule has 0 saturated carbocycles. The Morgan fingerprint density at radius 3 is 2.69 bits per heavy atom. The van der Waals surface area contributed by atoms with Gasteiger partial charge in [-0.05, 0) is 18.1 Å². The normalized spacial score (nSPS) is 10.1. The van der Waals surface area contributed by atoms with Gasteiger partial charge in [-0.25, -0.2) is 4.79 Å². The SMILES string of the molecule is Cc1ccc(CBr)c(Cl)c1C(=O)O. The number of carbonyl (C=O) groups is 1. The van der Waals surface area contributed by atoms with E-state index in [1.165, 1.54) is 0 Å². The molecule has 0 bridgehead atoms. The summed E-state index contributed by atoms with van der Waals surface area (Å²) in [6.45, 7) is 1.73. The molecule has 1 N–H and O–H groups in total. The smallest absolute Gasteiger partial charge is 0.337 e. The van der Waals surface area contributed by atoms with E-state index >= 15 is 0 Å². The zero-order chi connectivity index (χ0) is 10.0. The molecule has 0 fully saturated rings. The molecule has 13 heavy (non-hydrogen) atoms. The van der Waals surface area contributed by atoms with Crippen molar-refractivity contribution in [2.24, 2.45) is 0 Å². The predicted octanol–water partition coefficient (Wildman–Crippen LogP) is 3.24. The van der Waals surface area contributed by atoms with E-state index < -0.39 is 5.97 Å². The van der Waals surface area contributed by atoms with Gasteiger partial charge in [-0.15, -0.1) is 0 Å². The Balaban J connectivity index is 3.38. The molecule has 0 heterocycles. The summed E-state index contributed by atoms with van der Waals surface area (Å²) in [5.41, 5.74) is 1.67. The predicted molar refractivity (Wildman–Crippen MR) is 55.8 cm³/mol. The van der Waals surface area contributed by atoms with E-state index in [1.807, 2.05) is 6.07 Å². The largest absolute Gasteiger partial charge is 0.478 e. The molecule has 0 aromatic heterocycles. The van der Waals surface area contributed by atoms with Crippen molar-refractivity contribution in [1.82, 2.24) is 0 Å². The molecule has 70 valence electrons. The van der Waals surface area contributed by atoms with E-state index in [0.29, 0.717) is 15.9 Å². The van der Waals surface area contributed by atoms with E-state index in [1.54, 1.807) is 13.0 Å². The zero-order valence-corrected chi connectivity index (χ0v) is 9.32. The first-order valence-corrected chi connectivity index (χ1v) is 5.15. The summed E-state index contributed by atoms with van der Waals surface area (Å²) < 4.78 is 0. The van der Waals surface area contributed by atoms with Crippen LogP contribution in [0.1, 0.15) is 21.5 Å². The van der Waals surface area contributed by atoms with Gasteiger partial charge in [-0.3, -0.25) is 0 Å². The number of rotatable bonds is 2. The van der Waals surface area contributed by atoms with Crippen molar-refractivity contribution < 1.29 is 9.90 Å². The van der Waals surface area contributed by atoms with Gasteiger partial charge in [-0.1, -0.05) is 39.7 Å². The average molecular weight is 264 g/mol. The summed E-state index contributed by atoms with van der Waals surface area (Å²) in [6.07, 6.45) is 0. The van der Waals surface area contributed by atoms with Gasteiger partial charge in [0.25, 0.3) is 0 Å². The molecule has 0 radical (unpaired) electrons. The highest BCUT2D eigenvalue weighted by Gasteiger charge is 2.14. The molecule has 1 aromatic carbocycles. The average Bonchev–Trinajstić information content (AvgIpc) is 2.04. The van der Waals surface area contributed by atoms with E-state index in [0.717, 1.165) is 5.56 Å². The van der Waals surface area contributed by atoms with Crippen molar-refractivity contribution in [2.45, 2.75) is 12.3 Å². The number of aryl methyl sites for hydroxylation is 1. The molecule has 0 spiro atoms. The molecule has 1 rings (SSSR count). The van der Waals surface area contributed by atoms with Gasteiger partial charge in [0.05, 0.1) is 10.6 Å². The summed E-state index contributed by atoms with van der Waals surface area (Å²) in [6, 6.07) is 3.57. The van der Waals surface area contributed by atoms with Gasteiger partial charge in [0.15, 0.2) is 0 Å². The second kappa shape index (κ2) is 4.11. The summed E-state index contributed by atoms with van der Waals surface area (Å²) in [4.78, 5) is 10.8. The Morgan fingerprint density at radius 1 is 1.62 bits per heavy atom. The van der Waals surface area contributed by atoms with E-state index in [2.05, 4.69) is 15.9 Å². The van der Waals surface area contributed by atoms with Crippen LogP contribution in [0.4, 0.5) is 0 Å². The summed E-state index contributed by atoms with van der Waals surface area (Å²) in [7, 11) is 0. The minimum Gasteiger partial charge on any atom is -0.478 e. The van der Waals surface area contributed by atoms with Crippen LogP contribution in [0.15, 0.2) is 12.1 Å². The van der Waals surface area contributed by atoms with Crippen molar-refractivity contribution >= 4 is 33.5 Å². The number of carboxylic acids is 1. The van der Waals surface area contributed by atoms with Crippen molar-refractivity contribution in [3.8, 4) is 0 Å². The van der Waals surface area contributed by atoms with Crippen LogP contribution < -0.4 is 0 Å². The maximum atomic E-state index is 10.8. The third-order valence-corrected chi connectivity index (χ3v) is 2.82. The molecule has 1 aromatic rings. The number of benzene rings is 1. The third kappa shape index (κ3) is 2.03. The first-order chi connectivity index (χ1) is 6.07. The van der Waals surface area contributed by atoms with Crippen LogP contribution in [0.3, 0.4) is 0 Å². The lowest BCUT2D eigenvalue weighted by atomic mass is 10.1. The van der Waals surface area contributed by atoms with Crippen LogP contribution in [0.2, 0.25) is 5.02 Å². The molecule has 4 heteroatoms. The van der Waals surface area contributed by atoms with Gasteiger partial charge in [0.1, 0.15) is 0 Å². The lowest BCUT2D eigenvalue weighted by molar-refractivity contribution is 0.0696. The van der Waals surface area contributed by atoms with Gasteiger partial charge in [0, 0.05) is 5.33 Å². The molecule has 0 unspecified atom stereocenters. The molecule has 0 amide bonds. The highest BCUT2D eigenvalue weighted by atomic mass is 79.9. The quantitative estimate of drug-likeness (QED) is 0.832. The van der Waals surface area contributed by atoms with E-state index in [-0.39, 0.29) is 5.56 Å². The summed E-state index contributed by atoms with van der Waals surface area (Å²) >= 11 is 9.14. The second-order valence-electron chi connectivity index (χ2n) is 2.67. The molecular formula is C9H8BrClO2. The molecule has 0 aliphatic heterocycles. The van der Waals surface area contributed by atoms with E-state index in [9.17, 15) is 4.79 Å². The fourth-order valence-corrected chi connectivity index (χ4v) is 2.07. The lowest BCUT2D eigenvalue weighted by Crippen LogP contribution is -2.02. The first-order valence-electron chi connectivity index (χ1n) is 3.65. The van der Waals surface area contributed by atoms with Crippen LogP contribution in [-0.4, -0.2) is 11.1 Å². The van der Waals surface area contributed by atoms with Crippen LogP contribution in [0, 0.1) is 6.92 Å². The number of hydrogen-bond donors (Lipinski definition) is 1. The number of hydrogen-bond acceptors (Lipinski definition) is 1. The zero-order valence-electron chi connectivity index (χ0n) is 6.97. The Morgan fingerprint density at radius 2 is 2.23 bits per heavy atom. The third-order valence-electron chi connectivity index (χ3n) is 1.79. The van der Waals surface area contributed by atoms with Gasteiger partial charge in [0.2, 0.25) is 0 Å². The topological polar surface area (TPSA) is 37.3 Å². The van der Waals surface area contributed by atoms with Crippen LogP contribution in [-0.2, 0) is 5.33 Å². The maximum Gasteiger partial charge on any atom is 0.337 e. The van der Waals surface area contributed by atoms with Gasteiger partial charge >= 0.3 is 5.97 Å². The number of aromatic carboxylic acids is 1. The molecule has 2 nitrogen and oxygen atoms in total. The molecular weight excluding hydrogens is 255 g/mol. The Bertz CT molecular complexity index is 350. The van der Waals surface area contributed by atoms with Crippen molar-refractivity contribution in [1.29, 1.82) is 0 Å². The maximum absolute atomic E-state index is 10.8. The monoisotopic (exact) mass is 262 g/mol. The first kappa shape index (κ1) is 10.5. The van der Waals surface area contributed by atoms with Crippen LogP contribution >= 0.6 is 27.5 Å². The highest BCUT2D eigenvalue weighted by molar-refractivity contribution is 9.08. The summed E-state index contributed by atoms with van der Waals surface area (Å²) in [5, 5.41) is 9.75. The Hall–Kier alpha value is -0.540. The van der Waals surface area contributed by atoms with Gasteiger partial charge in [-0.2, -0.15) is 0 Å². The van der Waals surface area contributed by atoms with Crippen LogP contribution in [0.25, 0.3) is 0 Å². The minimum atomic E-state index is -0.981. The van der Waals surface area contributed by atoms with Crippen LogP contribution in [0.5, 0.6) is 0 Å². The molecule has 0 saturated heterocycles. The van der Waals surface area contributed by atoms with E-state index in [4.69, 9.17) is 16.7 Å².